The molecule has 6 heteroatoms. The number of carbonyl (C=O) groups excluding carboxylic acids is 3. The molecule has 27 heavy (non-hydrogen) atoms. The van der Waals surface area contributed by atoms with Crippen molar-refractivity contribution in [2.75, 3.05) is 4.90 Å². The normalized spacial score (nSPS) is 16.3. The van der Waals surface area contributed by atoms with Gasteiger partial charge in [-0.2, -0.15) is 0 Å². The second kappa shape index (κ2) is 7.37. The molecule has 0 radical (unpaired) electrons. The molecule has 4 amide bonds. The molecule has 1 aliphatic rings. The number of urea groups is 1. The van der Waals surface area contributed by atoms with Crippen LogP contribution in [0.5, 0.6) is 0 Å². The Morgan fingerprint density at radius 3 is 2.30 bits per heavy atom. The minimum absolute atomic E-state index is 0.108. The molecule has 3 rings (SSSR count). The van der Waals surface area contributed by atoms with E-state index in [-0.39, 0.29) is 5.57 Å². The summed E-state index contributed by atoms with van der Waals surface area (Å²) < 4.78 is 0. The van der Waals surface area contributed by atoms with Crippen LogP contribution >= 0.6 is 11.6 Å². The van der Waals surface area contributed by atoms with Gasteiger partial charge in [0.1, 0.15) is 5.57 Å². The zero-order chi connectivity index (χ0) is 19.7. The number of hydrogen-bond donors (Lipinski definition) is 1. The third-order valence-corrected chi connectivity index (χ3v) is 4.84. The Morgan fingerprint density at radius 2 is 1.70 bits per heavy atom. The average Bonchev–Trinajstić information content (AvgIpc) is 2.62. The Labute approximate surface area is 162 Å². The van der Waals surface area contributed by atoms with Gasteiger partial charge in [0, 0.05) is 5.02 Å². The average molecular weight is 383 g/mol. The van der Waals surface area contributed by atoms with Crippen LogP contribution in [0.25, 0.3) is 6.08 Å². The molecule has 2 aromatic rings. The Kier molecular flexibility index (Phi) is 5.15. The number of aryl methyl sites for hydroxylation is 1. The predicted molar refractivity (Wildman–Crippen MR) is 106 cm³/mol. The Hall–Kier alpha value is -2.92. The van der Waals surface area contributed by atoms with Crippen LogP contribution in [0.4, 0.5) is 10.5 Å². The highest BCUT2D eigenvalue weighted by Gasteiger charge is 2.36. The minimum atomic E-state index is -0.794. The molecule has 0 aliphatic carbocycles. The molecule has 0 unspecified atom stereocenters. The summed E-state index contributed by atoms with van der Waals surface area (Å²) in [6.45, 7) is 5.99. The largest absolute Gasteiger partial charge is 0.335 e. The smallest absolute Gasteiger partial charge is 0.273 e. The number of amides is 4. The number of nitrogens with zero attached hydrogens (tertiary/aromatic N) is 1. The van der Waals surface area contributed by atoms with E-state index in [9.17, 15) is 14.4 Å². The molecule has 0 bridgehead atoms. The van der Waals surface area contributed by atoms with E-state index in [1.54, 1.807) is 12.1 Å². The molecular weight excluding hydrogens is 364 g/mol. The predicted octanol–water partition coefficient (Wildman–Crippen LogP) is 4.44. The number of anilines is 1. The number of halogens is 1. The zero-order valence-corrected chi connectivity index (χ0v) is 16.0. The third-order valence-electron chi connectivity index (χ3n) is 4.43. The van der Waals surface area contributed by atoms with Crippen molar-refractivity contribution in [1.29, 1.82) is 0 Å². The molecule has 5 nitrogen and oxygen atoms in total. The van der Waals surface area contributed by atoms with Crippen LogP contribution in [-0.4, -0.2) is 17.8 Å². The van der Waals surface area contributed by atoms with E-state index in [2.05, 4.69) is 19.2 Å². The molecule has 1 aliphatic heterocycles. The summed E-state index contributed by atoms with van der Waals surface area (Å²) in [7, 11) is 0. The minimum Gasteiger partial charge on any atom is -0.273 e. The van der Waals surface area contributed by atoms with Gasteiger partial charge in [-0.1, -0.05) is 55.8 Å². The first kappa shape index (κ1) is 18.9. The van der Waals surface area contributed by atoms with Gasteiger partial charge < -0.3 is 0 Å². The lowest BCUT2D eigenvalue weighted by Crippen LogP contribution is -2.54. The molecule has 2 aromatic carbocycles. The number of benzene rings is 2. The van der Waals surface area contributed by atoms with Crippen molar-refractivity contribution in [3.05, 3.63) is 69.8 Å². The summed E-state index contributed by atoms with van der Waals surface area (Å²) in [5.74, 6) is -1.02. The van der Waals surface area contributed by atoms with Crippen LogP contribution in [0.1, 0.15) is 36.5 Å². The summed E-state index contributed by atoms with van der Waals surface area (Å²) in [6.07, 6.45) is 1.48. The molecule has 1 saturated heterocycles. The maximum Gasteiger partial charge on any atom is 0.335 e. The molecule has 0 saturated carbocycles. The molecule has 138 valence electrons. The lowest BCUT2D eigenvalue weighted by atomic mass is 10.0. The first-order valence-electron chi connectivity index (χ1n) is 8.55. The molecule has 1 fully saturated rings. The van der Waals surface area contributed by atoms with Gasteiger partial charge in [-0.05, 0) is 47.7 Å². The first-order chi connectivity index (χ1) is 12.8. The molecule has 1 N–H and O–H groups in total. The molecule has 0 spiro atoms. The summed E-state index contributed by atoms with van der Waals surface area (Å²) in [5, 5.41) is 2.64. The number of barbiturate groups is 1. The van der Waals surface area contributed by atoms with Crippen LogP contribution in [0.3, 0.4) is 0 Å². The standard InChI is InChI=1S/C21H19ClN2O3/c1-12(2)15-7-5-14(6-8-15)10-17-19(25)23-21(27)24(20(17)26)16-9-4-13(3)18(22)11-16/h4-12H,1-3H3,(H,23,25,27)/b17-10-. The van der Waals surface area contributed by atoms with Crippen molar-refractivity contribution in [2.24, 2.45) is 0 Å². The fraction of sp³-hybridized carbons (Fsp3) is 0.190. The van der Waals surface area contributed by atoms with E-state index in [1.165, 1.54) is 12.1 Å². The monoisotopic (exact) mass is 382 g/mol. The number of hydrogen-bond acceptors (Lipinski definition) is 3. The van der Waals surface area contributed by atoms with E-state index in [4.69, 9.17) is 11.6 Å². The lowest BCUT2D eigenvalue weighted by molar-refractivity contribution is -0.122. The van der Waals surface area contributed by atoms with Gasteiger partial charge in [0.25, 0.3) is 11.8 Å². The summed E-state index contributed by atoms with van der Waals surface area (Å²) in [5.41, 5.74) is 2.88. The second-order valence-corrected chi connectivity index (χ2v) is 7.12. The van der Waals surface area contributed by atoms with Crippen molar-refractivity contribution in [2.45, 2.75) is 26.7 Å². The van der Waals surface area contributed by atoms with Crippen LogP contribution in [0.2, 0.25) is 5.02 Å². The van der Waals surface area contributed by atoms with Crippen LogP contribution in [-0.2, 0) is 9.59 Å². The van der Waals surface area contributed by atoms with E-state index < -0.39 is 17.8 Å². The van der Waals surface area contributed by atoms with Crippen molar-refractivity contribution in [3.63, 3.8) is 0 Å². The summed E-state index contributed by atoms with van der Waals surface area (Å²) in [4.78, 5) is 38.2. The molecule has 0 atom stereocenters. The van der Waals surface area contributed by atoms with Gasteiger partial charge in [0.2, 0.25) is 0 Å². The van der Waals surface area contributed by atoms with Crippen LogP contribution in [0.15, 0.2) is 48.0 Å². The van der Waals surface area contributed by atoms with E-state index >= 15 is 0 Å². The van der Waals surface area contributed by atoms with Crippen molar-refractivity contribution in [3.8, 4) is 0 Å². The Morgan fingerprint density at radius 1 is 1.04 bits per heavy atom. The topological polar surface area (TPSA) is 66.5 Å². The zero-order valence-electron chi connectivity index (χ0n) is 15.2. The highest BCUT2D eigenvalue weighted by Crippen LogP contribution is 2.27. The second-order valence-electron chi connectivity index (χ2n) is 6.71. The van der Waals surface area contributed by atoms with Crippen molar-refractivity contribution >= 4 is 41.2 Å². The van der Waals surface area contributed by atoms with Crippen LogP contribution < -0.4 is 10.2 Å². The lowest BCUT2D eigenvalue weighted by Gasteiger charge is -2.26. The number of nitrogens with one attached hydrogen (secondary N) is 1. The SMILES string of the molecule is Cc1ccc(N2C(=O)NC(=O)/C(=C/c3ccc(C(C)C)cc3)C2=O)cc1Cl. The molecule has 0 aromatic heterocycles. The van der Waals surface area contributed by atoms with Gasteiger partial charge in [0.05, 0.1) is 5.69 Å². The molecule has 1 heterocycles. The quantitative estimate of drug-likeness (QED) is 0.630. The fourth-order valence-electron chi connectivity index (χ4n) is 2.76. The van der Waals surface area contributed by atoms with Gasteiger partial charge in [-0.15, -0.1) is 0 Å². The van der Waals surface area contributed by atoms with E-state index in [0.29, 0.717) is 22.2 Å². The van der Waals surface area contributed by atoms with Gasteiger partial charge in [-0.3, -0.25) is 14.9 Å². The molecular formula is C21H19ClN2O3. The van der Waals surface area contributed by atoms with Gasteiger partial charge >= 0.3 is 6.03 Å². The van der Waals surface area contributed by atoms with Crippen molar-refractivity contribution < 1.29 is 14.4 Å². The summed E-state index contributed by atoms with van der Waals surface area (Å²) >= 11 is 6.11. The maximum absolute atomic E-state index is 12.9. The Bertz CT molecular complexity index is 962. The van der Waals surface area contributed by atoms with Crippen molar-refractivity contribution in [1.82, 2.24) is 5.32 Å². The first-order valence-corrected chi connectivity index (χ1v) is 8.93. The summed E-state index contributed by atoms with van der Waals surface area (Å²) in [6, 6.07) is 11.6. The van der Waals surface area contributed by atoms with Crippen LogP contribution in [0, 0.1) is 6.92 Å². The number of imide groups is 2. The maximum atomic E-state index is 12.9. The highest BCUT2D eigenvalue weighted by atomic mass is 35.5. The van der Waals surface area contributed by atoms with E-state index in [1.807, 2.05) is 31.2 Å². The van der Waals surface area contributed by atoms with E-state index in [0.717, 1.165) is 16.0 Å². The number of rotatable bonds is 3. The van der Waals surface area contributed by atoms with Gasteiger partial charge in [0.15, 0.2) is 0 Å². The van der Waals surface area contributed by atoms with Gasteiger partial charge in [-0.25, -0.2) is 9.69 Å². The Balaban J connectivity index is 1.97. The fourth-order valence-corrected chi connectivity index (χ4v) is 2.93. The number of carbonyl (C=O) groups is 3. The highest BCUT2D eigenvalue weighted by molar-refractivity contribution is 6.39. The third kappa shape index (κ3) is 3.78.